The second-order valence-corrected chi connectivity index (χ2v) is 4.43. The molecule has 0 unspecified atom stereocenters. The van der Waals surface area contributed by atoms with Crippen molar-refractivity contribution in [1.29, 1.82) is 0 Å². The number of methoxy groups -OCH3 is 1. The van der Waals surface area contributed by atoms with Crippen molar-refractivity contribution in [1.82, 2.24) is 0 Å². The monoisotopic (exact) mass is 220 g/mol. The van der Waals surface area contributed by atoms with E-state index in [4.69, 9.17) is 4.74 Å². The molecule has 0 bridgehead atoms. The molecule has 0 atom stereocenters. The van der Waals surface area contributed by atoms with Crippen LogP contribution in [0.3, 0.4) is 0 Å². The van der Waals surface area contributed by atoms with Crippen molar-refractivity contribution in [2.75, 3.05) is 7.11 Å². The van der Waals surface area contributed by atoms with Crippen LogP contribution in [0.4, 0.5) is 0 Å². The summed E-state index contributed by atoms with van der Waals surface area (Å²) in [4.78, 5) is 22.4. The van der Waals surface area contributed by atoms with Crippen molar-refractivity contribution >= 4 is 12.3 Å². The molecule has 0 N–H and O–H groups in total. The highest BCUT2D eigenvalue weighted by Gasteiger charge is 2.21. The van der Waals surface area contributed by atoms with Crippen LogP contribution in [0, 0.1) is 5.41 Å². The van der Waals surface area contributed by atoms with Gasteiger partial charge < -0.3 is 9.53 Å². The number of benzene rings is 1. The Hall–Kier alpha value is -1.64. The maximum atomic E-state index is 11.5. The van der Waals surface area contributed by atoms with E-state index < -0.39 is 5.41 Å². The standard InChI is InChI=1S/C13H16O3/c1-13(2,9-14)8-10-6-4-5-7-11(10)12(15)16-3/h4-7,9H,8H2,1-3H3. The van der Waals surface area contributed by atoms with Gasteiger partial charge in [0.1, 0.15) is 6.29 Å². The van der Waals surface area contributed by atoms with Crippen molar-refractivity contribution in [3.8, 4) is 0 Å². The molecule has 0 spiro atoms. The SMILES string of the molecule is COC(=O)c1ccccc1CC(C)(C)C=O. The largest absolute Gasteiger partial charge is 0.465 e. The molecule has 1 aromatic carbocycles. The molecule has 0 fully saturated rings. The van der Waals surface area contributed by atoms with Crippen molar-refractivity contribution in [2.45, 2.75) is 20.3 Å². The zero-order valence-corrected chi connectivity index (χ0v) is 9.82. The summed E-state index contributed by atoms with van der Waals surface area (Å²) in [6.45, 7) is 3.68. The molecular weight excluding hydrogens is 204 g/mol. The summed E-state index contributed by atoms with van der Waals surface area (Å²) in [5.41, 5.74) is 0.899. The van der Waals surface area contributed by atoms with Gasteiger partial charge in [-0.2, -0.15) is 0 Å². The van der Waals surface area contributed by atoms with Crippen LogP contribution in [0.2, 0.25) is 0 Å². The van der Waals surface area contributed by atoms with E-state index in [2.05, 4.69) is 0 Å². The molecule has 0 aliphatic heterocycles. The molecule has 16 heavy (non-hydrogen) atoms. The lowest BCUT2D eigenvalue weighted by Crippen LogP contribution is -2.18. The molecular formula is C13H16O3. The molecule has 1 aromatic rings. The van der Waals surface area contributed by atoms with Gasteiger partial charge in [-0.1, -0.05) is 32.0 Å². The van der Waals surface area contributed by atoms with Crippen LogP contribution in [-0.2, 0) is 16.0 Å². The van der Waals surface area contributed by atoms with Crippen LogP contribution in [0.25, 0.3) is 0 Å². The summed E-state index contributed by atoms with van der Waals surface area (Å²) < 4.78 is 4.70. The number of hydrogen-bond acceptors (Lipinski definition) is 3. The van der Waals surface area contributed by atoms with Gasteiger partial charge in [-0.05, 0) is 18.1 Å². The molecule has 0 radical (unpaired) electrons. The Morgan fingerprint density at radius 3 is 2.56 bits per heavy atom. The lowest BCUT2D eigenvalue weighted by Gasteiger charge is -2.18. The van der Waals surface area contributed by atoms with Crippen LogP contribution in [-0.4, -0.2) is 19.4 Å². The third-order valence-corrected chi connectivity index (χ3v) is 2.39. The maximum absolute atomic E-state index is 11.5. The third kappa shape index (κ3) is 2.92. The fourth-order valence-electron chi connectivity index (χ4n) is 1.52. The topological polar surface area (TPSA) is 43.4 Å². The first-order chi connectivity index (χ1) is 7.50. The van der Waals surface area contributed by atoms with Crippen LogP contribution >= 0.6 is 0 Å². The molecule has 0 amide bonds. The van der Waals surface area contributed by atoms with Crippen LogP contribution in [0.15, 0.2) is 24.3 Å². The van der Waals surface area contributed by atoms with E-state index in [1.807, 2.05) is 26.0 Å². The highest BCUT2D eigenvalue weighted by atomic mass is 16.5. The van der Waals surface area contributed by atoms with E-state index in [0.29, 0.717) is 12.0 Å². The number of esters is 1. The van der Waals surface area contributed by atoms with E-state index in [-0.39, 0.29) is 5.97 Å². The van der Waals surface area contributed by atoms with Crippen molar-refractivity contribution in [2.24, 2.45) is 5.41 Å². The zero-order valence-electron chi connectivity index (χ0n) is 9.82. The van der Waals surface area contributed by atoms with Gasteiger partial charge in [0.05, 0.1) is 12.7 Å². The molecule has 1 rings (SSSR count). The smallest absolute Gasteiger partial charge is 0.338 e. The number of aldehydes is 1. The summed E-state index contributed by atoms with van der Waals surface area (Å²) in [5.74, 6) is -0.364. The molecule has 0 aliphatic rings. The highest BCUT2D eigenvalue weighted by Crippen LogP contribution is 2.22. The number of ether oxygens (including phenoxy) is 1. The summed E-state index contributed by atoms with van der Waals surface area (Å²) in [5, 5.41) is 0. The van der Waals surface area contributed by atoms with E-state index in [9.17, 15) is 9.59 Å². The molecule has 0 aromatic heterocycles. The van der Waals surface area contributed by atoms with E-state index in [1.165, 1.54) is 7.11 Å². The Kier molecular flexibility index (Phi) is 3.82. The fourth-order valence-corrected chi connectivity index (χ4v) is 1.52. The van der Waals surface area contributed by atoms with Crippen molar-refractivity contribution in [3.63, 3.8) is 0 Å². The first kappa shape index (κ1) is 12.4. The number of carbonyl (C=O) groups is 2. The molecule has 0 heterocycles. The van der Waals surface area contributed by atoms with Crippen LogP contribution < -0.4 is 0 Å². The van der Waals surface area contributed by atoms with Gasteiger partial charge in [0.2, 0.25) is 0 Å². The number of rotatable bonds is 4. The van der Waals surface area contributed by atoms with Crippen LogP contribution in [0.1, 0.15) is 29.8 Å². The van der Waals surface area contributed by atoms with E-state index in [0.717, 1.165) is 11.8 Å². The zero-order chi connectivity index (χ0) is 12.2. The highest BCUT2D eigenvalue weighted by molar-refractivity contribution is 5.91. The normalized spacial score (nSPS) is 10.9. The Morgan fingerprint density at radius 1 is 1.38 bits per heavy atom. The third-order valence-electron chi connectivity index (χ3n) is 2.39. The minimum absolute atomic E-state index is 0.364. The predicted molar refractivity (Wildman–Crippen MR) is 61.3 cm³/mol. The first-order valence-electron chi connectivity index (χ1n) is 5.13. The predicted octanol–water partition coefficient (Wildman–Crippen LogP) is 2.24. The Bertz CT molecular complexity index is 394. The number of carbonyl (C=O) groups excluding carboxylic acids is 2. The van der Waals surface area contributed by atoms with Crippen LogP contribution in [0.5, 0.6) is 0 Å². The van der Waals surface area contributed by atoms with Crippen molar-refractivity contribution < 1.29 is 14.3 Å². The first-order valence-corrected chi connectivity index (χ1v) is 5.13. The van der Waals surface area contributed by atoms with E-state index in [1.54, 1.807) is 12.1 Å². The van der Waals surface area contributed by atoms with E-state index >= 15 is 0 Å². The lowest BCUT2D eigenvalue weighted by atomic mass is 9.86. The van der Waals surface area contributed by atoms with Gasteiger partial charge in [-0.15, -0.1) is 0 Å². The van der Waals surface area contributed by atoms with Gasteiger partial charge in [0.15, 0.2) is 0 Å². The summed E-state index contributed by atoms with van der Waals surface area (Å²) >= 11 is 0. The minimum Gasteiger partial charge on any atom is -0.465 e. The molecule has 3 nitrogen and oxygen atoms in total. The van der Waals surface area contributed by atoms with Gasteiger partial charge in [0.25, 0.3) is 0 Å². The average molecular weight is 220 g/mol. The molecule has 0 saturated carbocycles. The summed E-state index contributed by atoms with van der Waals surface area (Å²) in [6, 6.07) is 7.19. The van der Waals surface area contributed by atoms with Crippen molar-refractivity contribution in [3.05, 3.63) is 35.4 Å². The van der Waals surface area contributed by atoms with Gasteiger partial charge >= 0.3 is 5.97 Å². The van der Waals surface area contributed by atoms with Gasteiger partial charge in [-0.3, -0.25) is 0 Å². The maximum Gasteiger partial charge on any atom is 0.338 e. The lowest BCUT2D eigenvalue weighted by molar-refractivity contribution is -0.114. The summed E-state index contributed by atoms with van der Waals surface area (Å²) in [7, 11) is 1.35. The fraction of sp³-hybridized carbons (Fsp3) is 0.385. The van der Waals surface area contributed by atoms with Gasteiger partial charge in [-0.25, -0.2) is 4.79 Å². The quantitative estimate of drug-likeness (QED) is 0.577. The molecule has 0 saturated heterocycles. The second-order valence-electron chi connectivity index (χ2n) is 4.43. The summed E-state index contributed by atoms with van der Waals surface area (Å²) in [6.07, 6.45) is 1.43. The molecule has 86 valence electrons. The van der Waals surface area contributed by atoms with Gasteiger partial charge in [0, 0.05) is 5.41 Å². The minimum atomic E-state index is -0.468. The Morgan fingerprint density at radius 2 is 2.00 bits per heavy atom. The Balaban J connectivity index is 3.04. The number of hydrogen-bond donors (Lipinski definition) is 0. The Labute approximate surface area is 95.4 Å². The second kappa shape index (κ2) is 4.92. The average Bonchev–Trinajstić information content (AvgIpc) is 2.28. The molecule has 0 aliphatic carbocycles. The molecule has 3 heteroatoms.